The van der Waals surface area contributed by atoms with Crippen molar-refractivity contribution in [3.05, 3.63) is 40.9 Å². The predicted molar refractivity (Wildman–Crippen MR) is 79.8 cm³/mol. The van der Waals surface area contributed by atoms with Gasteiger partial charge in [-0.15, -0.1) is 0 Å². The fourth-order valence-electron chi connectivity index (χ4n) is 1.82. The van der Waals surface area contributed by atoms with Gasteiger partial charge in [0.2, 0.25) is 0 Å². The Bertz CT molecular complexity index is 461. The molecule has 0 saturated carbocycles. The first-order valence-electron chi connectivity index (χ1n) is 5.86. The molecule has 0 radical (unpaired) electrons. The summed E-state index contributed by atoms with van der Waals surface area (Å²) in [7, 11) is 0.0938. The number of hydrogen-bond acceptors (Lipinski definition) is 2. The Balaban J connectivity index is 3.19. The van der Waals surface area contributed by atoms with Gasteiger partial charge in [0, 0.05) is 13.6 Å². The van der Waals surface area contributed by atoms with Gasteiger partial charge in [0.1, 0.15) is 0 Å². The van der Waals surface area contributed by atoms with Gasteiger partial charge in [0.25, 0.3) is 0 Å². The highest BCUT2D eigenvalue weighted by molar-refractivity contribution is 6.77. The third-order valence-corrected chi connectivity index (χ3v) is 4.24. The van der Waals surface area contributed by atoms with Gasteiger partial charge in [-0.25, -0.2) is 4.79 Å². The molecule has 0 spiro atoms. The number of ether oxygens (including phenoxy) is 1. The number of allylic oxidation sites excluding steroid dienone is 1. The Hall–Kier alpha value is -1.06. The van der Waals surface area contributed by atoms with E-state index in [1.54, 1.807) is 11.6 Å². The molecule has 98 valence electrons. The Morgan fingerprint density at radius 3 is 2.28 bits per heavy atom. The van der Waals surface area contributed by atoms with E-state index in [-0.39, 0.29) is 5.97 Å². The number of esters is 1. The summed E-state index contributed by atoms with van der Waals surface area (Å²) >= 11 is 5.94. The molecular weight excluding hydrogens is 264 g/mol. The topological polar surface area (TPSA) is 26.3 Å². The molecule has 0 unspecified atom stereocenters. The smallest absolute Gasteiger partial charge is 0.338 e. The fraction of sp³-hybridized carbons (Fsp3) is 0.357. The van der Waals surface area contributed by atoms with Gasteiger partial charge >= 0.3 is 5.97 Å². The number of carbonyl (C=O) groups excluding carboxylic acids is 1. The molecular formula is C14H19ClO2Si. The second kappa shape index (κ2) is 6.21. The third-order valence-electron chi connectivity index (χ3n) is 2.53. The molecule has 2 nitrogen and oxygen atoms in total. The number of rotatable bonds is 4. The lowest BCUT2D eigenvalue weighted by Gasteiger charge is -2.19. The zero-order valence-corrected chi connectivity index (χ0v) is 13.0. The predicted octanol–water partition coefficient (Wildman–Crippen LogP) is 4.39. The molecule has 4 heteroatoms. The van der Waals surface area contributed by atoms with Crippen molar-refractivity contribution in [2.75, 3.05) is 7.11 Å². The molecule has 1 aromatic rings. The summed E-state index contributed by atoms with van der Waals surface area (Å²) in [4.78, 5) is 11.7. The molecule has 0 fully saturated rings. The van der Waals surface area contributed by atoms with Crippen molar-refractivity contribution in [1.82, 2.24) is 0 Å². The Morgan fingerprint density at radius 2 is 1.83 bits per heavy atom. The zero-order valence-electron chi connectivity index (χ0n) is 11.3. The monoisotopic (exact) mass is 282 g/mol. The van der Waals surface area contributed by atoms with E-state index >= 15 is 0 Å². The number of halogens is 1. The van der Waals surface area contributed by atoms with Gasteiger partial charge in [0.15, 0.2) is 0 Å². The Morgan fingerprint density at radius 1 is 1.28 bits per heavy atom. The minimum atomic E-state index is -1.30. The molecule has 1 rings (SSSR count). The summed E-state index contributed by atoms with van der Waals surface area (Å²) in [5.74, 6) is -0.322. The lowest BCUT2D eigenvalue weighted by Crippen LogP contribution is -2.20. The first kappa shape index (κ1) is 15.0. The van der Waals surface area contributed by atoms with Crippen LogP contribution in [0.3, 0.4) is 0 Å². The van der Waals surface area contributed by atoms with Gasteiger partial charge in [-0.1, -0.05) is 49.4 Å². The number of carbonyl (C=O) groups is 1. The summed E-state index contributed by atoms with van der Waals surface area (Å²) in [5, 5.41) is 0. The van der Waals surface area contributed by atoms with Crippen molar-refractivity contribution >= 4 is 31.2 Å². The van der Waals surface area contributed by atoms with Gasteiger partial charge in [-0.2, -0.15) is 0 Å². The van der Waals surface area contributed by atoms with Crippen molar-refractivity contribution < 1.29 is 9.53 Å². The summed E-state index contributed by atoms with van der Waals surface area (Å²) < 4.78 is 4.80. The molecule has 0 aromatic heterocycles. The average molecular weight is 283 g/mol. The SMILES string of the molecule is COC(=O)c1ccccc1/C(=C/Cl)C[Si](C)(C)C. The van der Waals surface area contributed by atoms with E-state index in [1.807, 2.05) is 18.2 Å². The minimum Gasteiger partial charge on any atom is -0.465 e. The zero-order chi connectivity index (χ0) is 13.8. The molecule has 0 amide bonds. The molecule has 0 aliphatic carbocycles. The number of hydrogen-bond donors (Lipinski definition) is 0. The van der Waals surface area contributed by atoms with Gasteiger partial charge in [-0.05, 0) is 23.2 Å². The van der Waals surface area contributed by atoms with E-state index in [0.717, 1.165) is 17.2 Å². The van der Waals surface area contributed by atoms with Crippen molar-refractivity contribution in [2.45, 2.75) is 25.7 Å². The molecule has 0 saturated heterocycles. The standard InChI is InChI=1S/C14H19ClO2Si/c1-17-14(16)13-8-6-5-7-12(13)11(9-15)10-18(2,3)4/h5-9H,10H2,1-4H3/b11-9+. The van der Waals surface area contributed by atoms with E-state index < -0.39 is 8.07 Å². The number of methoxy groups -OCH3 is 1. The quantitative estimate of drug-likeness (QED) is 0.605. The second-order valence-electron chi connectivity index (χ2n) is 5.41. The lowest BCUT2D eigenvalue weighted by molar-refractivity contribution is 0.0600. The largest absolute Gasteiger partial charge is 0.465 e. The lowest BCUT2D eigenvalue weighted by atomic mass is 10.0. The van der Waals surface area contributed by atoms with E-state index in [4.69, 9.17) is 16.3 Å². The Labute approximate surface area is 115 Å². The van der Waals surface area contributed by atoms with E-state index in [1.165, 1.54) is 7.11 Å². The van der Waals surface area contributed by atoms with Crippen LogP contribution in [0, 0.1) is 0 Å². The summed E-state index contributed by atoms with van der Waals surface area (Å²) in [6.45, 7) is 6.82. The molecule has 0 heterocycles. The van der Waals surface area contributed by atoms with Crippen LogP contribution in [0.1, 0.15) is 15.9 Å². The third kappa shape index (κ3) is 4.00. The van der Waals surface area contributed by atoms with Gasteiger partial charge in [0.05, 0.1) is 12.7 Å². The van der Waals surface area contributed by atoms with E-state index in [0.29, 0.717) is 5.56 Å². The average Bonchev–Trinajstić information content (AvgIpc) is 2.34. The second-order valence-corrected chi connectivity index (χ2v) is 11.1. The molecule has 0 aliphatic rings. The fourth-order valence-corrected chi connectivity index (χ4v) is 3.57. The van der Waals surface area contributed by atoms with Crippen LogP contribution < -0.4 is 0 Å². The van der Waals surface area contributed by atoms with Crippen molar-refractivity contribution in [2.24, 2.45) is 0 Å². The van der Waals surface area contributed by atoms with Crippen LogP contribution in [0.4, 0.5) is 0 Å². The number of benzene rings is 1. The highest BCUT2D eigenvalue weighted by Gasteiger charge is 2.20. The normalized spacial score (nSPS) is 12.4. The highest BCUT2D eigenvalue weighted by atomic mass is 35.5. The van der Waals surface area contributed by atoms with Crippen LogP contribution in [0.5, 0.6) is 0 Å². The van der Waals surface area contributed by atoms with Crippen LogP contribution >= 0.6 is 11.6 Å². The summed E-state index contributed by atoms with van der Waals surface area (Å²) in [5.41, 5.74) is 4.05. The first-order valence-corrected chi connectivity index (χ1v) is 10.0. The van der Waals surface area contributed by atoms with Gasteiger partial charge < -0.3 is 4.74 Å². The van der Waals surface area contributed by atoms with Crippen molar-refractivity contribution in [1.29, 1.82) is 0 Å². The van der Waals surface area contributed by atoms with Crippen molar-refractivity contribution in [3.8, 4) is 0 Å². The molecule has 0 N–H and O–H groups in total. The maximum atomic E-state index is 11.7. The van der Waals surface area contributed by atoms with Crippen LogP contribution in [0.2, 0.25) is 25.7 Å². The molecule has 0 aliphatic heterocycles. The summed E-state index contributed by atoms with van der Waals surface area (Å²) in [6.07, 6.45) is 0. The van der Waals surface area contributed by atoms with Crippen LogP contribution in [0.15, 0.2) is 29.8 Å². The van der Waals surface area contributed by atoms with Crippen LogP contribution in [0.25, 0.3) is 5.57 Å². The van der Waals surface area contributed by atoms with Crippen LogP contribution in [-0.4, -0.2) is 21.2 Å². The molecule has 1 aromatic carbocycles. The van der Waals surface area contributed by atoms with Crippen LogP contribution in [-0.2, 0) is 4.74 Å². The van der Waals surface area contributed by atoms with Gasteiger partial charge in [-0.3, -0.25) is 0 Å². The molecule has 18 heavy (non-hydrogen) atoms. The summed E-state index contributed by atoms with van der Waals surface area (Å²) in [6, 6.07) is 8.36. The van der Waals surface area contributed by atoms with E-state index in [2.05, 4.69) is 19.6 Å². The first-order chi connectivity index (χ1) is 8.39. The highest BCUT2D eigenvalue weighted by Crippen LogP contribution is 2.29. The Kier molecular flexibility index (Phi) is 5.17. The van der Waals surface area contributed by atoms with E-state index in [9.17, 15) is 4.79 Å². The maximum Gasteiger partial charge on any atom is 0.338 e. The molecule has 0 bridgehead atoms. The molecule has 0 atom stereocenters. The van der Waals surface area contributed by atoms with Crippen molar-refractivity contribution in [3.63, 3.8) is 0 Å². The maximum absolute atomic E-state index is 11.7. The minimum absolute atomic E-state index is 0.322.